The fourth-order valence-corrected chi connectivity index (χ4v) is 3.53. The van der Waals surface area contributed by atoms with Crippen LogP contribution in [0.15, 0.2) is 60.7 Å². The highest BCUT2D eigenvalue weighted by atomic mass is 16.1. The maximum atomic E-state index is 10.8. The third-order valence-electron chi connectivity index (χ3n) is 4.89. The summed E-state index contributed by atoms with van der Waals surface area (Å²) in [4.78, 5) is 21.3. The molecule has 0 aliphatic rings. The van der Waals surface area contributed by atoms with Crippen molar-refractivity contribution in [3.8, 4) is 0 Å². The molecule has 1 unspecified atom stereocenters. The second-order valence-corrected chi connectivity index (χ2v) is 6.66. The topological polar surface area (TPSA) is 34.1 Å². The molecule has 0 heterocycles. The van der Waals surface area contributed by atoms with Crippen molar-refractivity contribution >= 4 is 12.6 Å². The third-order valence-corrected chi connectivity index (χ3v) is 4.89. The molecule has 2 nitrogen and oxygen atoms in total. The van der Waals surface area contributed by atoms with E-state index in [2.05, 4.69) is 60.7 Å². The molecule has 2 aromatic carbocycles. The highest BCUT2D eigenvalue weighted by molar-refractivity contribution is 5.49. The van der Waals surface area contributed by atoms with E-state index in [4.69, 9.17) is 0 Å². The summed E-state index contributed by atoms with van der Waals surface area (Å²) in [6.45, 7) is 0. The van der Waals surface area contributed by atoms with Gasteiger partial charge in [0, 0.05) is 18.8 Å². The lowest BCUT2D eigenvalue weighted by Gasteiger charge is -2.22. The van der Waals surface area contributed by atoms with Crippen LogP contribution in [0.5, 0.6) is 0 Å². The van der Waals surface area contributed by atoms with E-state index in [0.717, 1.165) is 44.7 Å². The normalized spacial score (nSPS) is 12.0. The summed E-state index contributed by atoms with van der Waals surface area (Å²) in [6, 6.07) is 21.3. The van der Waals surface area contributed by atoms with Crippen molar-refractivity contribution in [1.29, 1.82) is 0 Å². The number of unbranched alkanes of at least 4 members (excludes halogenated alkanes) is 1. The first-order valence-corrected chi connectivity index (χ1v) is 9.32. The van der Waals surface area contributed by atoms with E-state index in [-0.39, 0.29) is 0 Å². The van der Waals surface area contributed by atoms with Crippen LogP contribution in [0.2, 0.25) is 0 Å². The molecule has 0 radical (unpaired) electrons. The van der Waals surface area contributed by atoms with Crippen LogP contribution >= 0.6 is 0 Å². The molecule has 0 aliphatic heterocycles. The van der Waals surface area contributed by atoms with Gasteiger partial charge >= 0.3 is 0 Å². The van der Waals surface area contributed by atoms with Crippen molar-refractivity contribution in [3.05, 3.63) is 71.8 Å². The van der Waals surface area contributed by atoms with Crippen LogP contribution in [-0.4, -0.2) is 12.6 Å². The largest absolute Gasteiger partial charge is 0.303 e. The first kappa shape index (κ1) is 19.1. The quantitative estimate of drug-likeness (QED) is 0.375. The molecule has 0 saturated carbocycles. The first-order chi connectivity index (χ1) is 12.3. The van der Waals surface area contributed by atoms with E-state index in [1.165, 1.54) is 11.1 Å². The SMILES string of the molecule is O=CCCCC(CCC=O)CCC(c1ccccc1)c1ccccc1. The Bertz CT molecular complexity index is 567. The number of hydrogen-bond acceptors (Lipinski definition) is 2. The van der Waals surface area contributed by atoms with Crippen molar-refractivity contribution < 1.29 is 9.59 Å². The van der Waals surface area contributed by atoms with Gasteiger partial charge in [0.25, 0.3) is 0 Å². The van der Waals surface area contributed by atoms with E-state index in [9.17, 15) is 9.59 Å². The molecule has 0 aromatic heterocycles. The first-order valence-electron chi connectivity index (χ1n) is 9.32. The van der Waals surface area contributed by atoms with Crippen LogP contribution in [-0.2, 0) is 9.59 Å². The lowest BCUT2D eigenvalue weighted by Crippen LogP contribution is -2.07. The minimum atomic E-state index is 0.382. The smallest absolute Gasteiger partial charge is 0.120 e. The van der Waals surface area contributed by atoms with Gasteiger partial charge in [0.05, 0.1) is 0 Å². The second-order valence-electron chi connectivity index (χ2n) is 6.66. The number of rotatable bonds is 12. The summed E-state index contributed by atoms with van der Waals surface area (Å²) >= 11 is 0. The lowest BCUT2D eigenvalue weighted by molar-refractivity contribution is -0.109. The maximum absolute atomic E-state index is 10.8. The van der Waals surface area contributed by atoms with Gasteiger partial charge in [-0.2, -0.15) is 0 Å². The van der Waals surface area contributed by atoms with Gasteiger partial charge in [0.1, 0.15) is 12.6 Å². The number of hydrogen-bond donors (Lipinski definition) is 0. The molecule has 2 rings (SSSR count). The molecule has 0 saturated heterocycles. The molecule has 0 N–H and O–H groups in total. The second kappa shape index (κ2) is 11.4. The minimum absolute atomic E-state index is 0.382. The van der Waals surface area contributed by atoms with Crippen LogP contribution in [0.4, 0.5) is 0 Å². The van der Waals surface area contributed by atoms with Gasteiger partial charge in [0.15, 0.2) is 0 Å². The summed E-state index contributed by atoms with van der Waals surface area (Å²) in [6.07, 6.45) is 8.29. The zero-order valence-corrected chi connectivity index (χ0v) is 14.8. The molecule has 25 heavy (non-hydrogen) atoms. The summed E-state index contributed by atoms with van der Waals surface area (Å²) < 4.78 is 0. The van der Waals surface area contributed by atoms with E-state index in [1.807, 2.05) is 0 Å². The predicted octanol–water partition coefficient (Wildman–Crippen LogP) is 5.56. The zero-order valence-electron chi connectivity index (χ0n) is 14.8. The average molecular weight is 336 g/mol. The Hall–Kier alpha value is -2.22. The molecule has 0 fully saturated rings. The number of benzene rings is 2. The van der Waals surface area contributed by atoms with Crippen LogP contribution < -0.4 is 0 Å². The molecule has 0 amide bonds. The molecular formula is C23H28O2. The Labute approximate surface area is 151 Å². The van der Waals surface area contributed by atoms with E-state index < -0.39 is 0 Å². The van der Waals surface area contributed by atoms with Gasteiger partial charge in [-0.05, 0) is 42.7 Å². The van der Waals surface area contributed by atoms with E-state index in [0.29, 0.717) is 24.7 Å². The lowest BCUT2D eigenvalue weighted by atomic mass is 9.83. The Morgan fingerprint density at radius 1 is 0.640 bits per heavy atom. The molecular weight excluding hydrogens is 308 g/mol. The Balaban J connectivity index is 2.06. The molecule has 2 aromatic rings. The zero-order chi connectivity index (χ0) is 17.7. The fourth-order valence-electron chi connectivity index (χ4n) is 3.53. The van der Waals surface area contributed by atoms with Crippen molar-refractivity contribution in [2.75, 3.05) is 0 Å². The molecule has 132 valence electrons. The Morgan fingerprint density at radius 2 is 1.20 bits per heavy atom. The van der Waals surface area contributed by atoms with Gasteiger partial charge in [0.2, 0.25) is 0 Å². The number of carbonyl (C=O) groups is 2. The van der Waals surface area contributed by atoms with Gasteiger partial charge in [-0.15, -0.1) is 0 Å². The molecule has 1 atom stereocenters. The summed E-state index contributed by atoms with van der Waals surface area (Å²) in [7, 11) is 0. The highest BCUT2D eigenvalue weighted by Crippen LogP contribution is 2.32. The number of aldehydes is 2. The monoisotopic (exact) mass is 336 g/mol. The van der Waals surface area contributed by atoms with Gasteiger partial charge < -0.3 is 9.59 Å². The molecule has 2 heteroatoms. The summed E-state index contributed by atoms with van der Waals surface area (Å²) in [5.74, 6) is 0.896. The fraction of sp³-hybridized carbons (Fsp3) is 0.391. The third kappa shape index (κ3) is 6.66. The van der Waals surface area contributed by atoms with E-state index in [1.54, 1.807) is 0 Å². The van der Waals surface area contributed by atoms with Gasteiger partial charge in [-0.1, -0.05) is 67.1 Å². The van der Waals surface area contributed by atoms with Crippen molar-refractivity contribution in [2.24, 2.45) is 5.92 Å². The van der Waals surface area contributed by atoms with Crippen molar-refractivity contribution in [2.45, 2.75) is 50.9 Å². The minimum Gasteiger partial charge on any atom is -0.303 e. The van der Waals surface area contributed by atoms with Crippen LogP contribution in [0.1, 0.15) is 62.0 Å². The van der Waals surface area contributed by atoms with Crippen LogP contribution in [0.25, 0.3) is 0 Å². The van der Waals surface area contributed by atoms with E-state index >= 15 is 0 Å². The van der Waals surface area contributed by atoms with Gasteiger partial charge in [-0.3, -0.25) is 0 Å². The Morgan fingerprint density at radius 3 is 1.72 bits per heavy atom. The predicted molar refractivity (Wildman–Crippen MR) is 103 cm³/mol. The molecule has 0 aliphatic carbocycles. The summed E-state index contributed by atoms with van der Waals surface area (Å²) in [5.41, 5.74) is 2.69. The number of carbonyl (C=O) groups excluding carboxylic acids is 2. The van der Waals surface area contributed by atoms with Crippen molar-refractivity contribution in [3.63, 3.8) is 0 Å². The molecule has 0 spiro atoms. The standard InChI is InChI=1S/C23H28O2/c24-18-8-7-10-20(11-9-19-25)16-17-23(21-12-3-1-4-13-21)22-14-5-2-6-15-22/h1-6,12-15,18-20,23H,7-11,16-17H2. The van der Waals surface area contributed by atoms with Gasteiger partial charge in [-0.25, -0.2) is 0 Å². The van der Waals surface area contributed by atoms with Crippen LogP contribution in [0.3, 0.4) is 0 Å². The summed E-state index contributed by atoms with van der Waals surface area (Å²) in [5, 5.41) is 0. The molecule has 0 bridgehead atoms. The van der Waals surface area contributed by atoms with Crippen LogP contribution in [0, 0.1) is 5.92 Å². The highest BCUT2D eigenvalue weighted by Gasteiger charge is 2.17. The Kier molecular flexibility index (Phi) is 8.68. The van der Waals surface area contributed by atoms with Crippen molar-refractivity contribution in [1.82, 2.24) is 0 Å². The average Bonchev–Trinajstić information content (AvgIpc) is 2.67. The maximum Gasteiger partial charge on any atom is 0.120 e.